The average Bonchev–Trinajstić information content (AvgIpc) is 3.08. The third-order valence-corrected chi connectivity index (χ3v) is 4.86. The highest BCUT2D eigenvalue weighted by atomic mass is 19.1. The first kappa shape index (κ1) is 16.7. The van der Waals surface area contributed by atoms with Crippen LogP contribution >= 0.6 is 0 Å². The Bertz CT molecular complexity index is 584. The first-order chi connectivity index (χ1) is 11.6. The van der Waals surface area contributed by atoms with E-state index in [1.165, 1.54) is 30.7 Å². The van der Waals surface area contributed by atoms with E-state index >= 15 is 0 Å². The fraction of sp³-hybridized carbons (Fsp3) is 0.556. The number of rotatable bonds is 3. The zero-order valence-corrected chi connectivity index (χ0v) is 13.8. The lowest BCUT2D eigenvalue weighted by molar-refractivity contribution is -0.119. The lowest BCUT2D eigenvalue weighted by Gasteiger charge is -2.29. The summed E-state index contributed by atoms with van der Waals surface area (Å²) < 4.78 is 12.9. The fourth-order valence-corrected chi connectivity index (χ4v) is 3.55. The number of carbonyl (C=O) groups excluding carboxylic acids is 2. The zero-order chi connectivity index (χ0) is 16.9. The number of halogens is 1. The van der Waals surface area contributed by atoms with Crippen LogP contribution in [0.1, 0.15) is 44.9 Å². The summed E-state index contributed by atoms with van der Waals surface area (Å²) in [6.07, 6.45) is 7.06. The summed E-state index contributed by atoms with van der Waals surface area (Å²) in [7, 11) is 0. The molecule has 0 radical (unpaired) electrons. The molecule has 130 valence electrons. The van der Waals surface area contributed by atoms with Gasteiger partial charge in [0.2, 0.25) is 5.91 Å². The van der Waals surface area contributed by atoms with E-state index in [0.29, 0.717) is 18.7 Å². The second-order valence-electron chi connectivity index (χ2n) is 6.63. The normalized spacial score (nSPS) is 21.5. The minimum atomic E-state index is -0.460. The predicted molar refractivity (Wildman–Crippen MR) is 90.2 cm³/mol. The summed E-state index contributed by atoms with van der Waals surface area (Å²) in [6, 6.07) is 5.28. The van der Waals surface area contributed by atoms with Gasteiger partial charge in [-0.25, -0.2) is 9.18 Å². The molecule has 5 nitrogen and oxygen atoms in total. The van der Waals surface area contributed by atoms with Crippen molar-refractivity contribution in [3.05, 3.63) is 30.1 Å². The third kappa shape index (κ3) is 4.04. The Morgan fingerprint density at radius 2 is 1.71 bits per heavy atom. The molecule has 1 heterocycles. The number of anilines is 1. The predicted octanol–water partition coefficient (Wildman–Crippen LogP) is 3.27. The Morgan fingerprint density at radius 1 is 1.00 bits per heavy atom. The summed E-state index contributed by atoms with van der Waals surface area (Å²) in [4.78, 5) is 26.6. The third-order valence-electron chi connectivity index (χ3n) is 4.86. The Morgan fingerprint density at radius 3 is 2.42 bits per heavy atom. The molecule has 0 spiro atoms. The van der Waals surface area contributed by atoms with Gasteiger partial charge in [0.15, 0.2) is 0 Å². The number of nitrogens with one attached hydrogen (secondary N) is 2. The van der Waals surface area contributed by atoms with Crippen molar-refractivity contribution in [2.75, 3.05) is 11.9 Å². The summed E-state index contributed by atoms with van der Waals surface area (Å²) in [5, 5.41) is 5.85. The minimum absolute atomic E-state index is 0.140. The molecule has 24 heavy (non-hydrogen) atoms. The van der Waals surface area contributed by atoms with Gasteiger partial charge in [-0.15, -0.1) is 0 Å². The van der Waals surface area contributed by atoms with Crippen molar-refractivity contribution in [2.24, 2.45) is 0 Å². The molecular formula is C18H24FN3O2. The monoisotopic (exact) mass is 333 g/mol. The molecule has 1 saturated carbocycles. The molecule has 1 aliphatic carbocycles. The van der Waals surface area contributed by atoms with E-state index in [-0.39, 0.29) is 23.8 Å². The van der Waals surface area contributed by atoms with Crippen LogP contribution in [0.5, 0.6) is 0 Å². The van der Waals surface area contributed by atoms with Crippen molar-refractivity contribution in [1.82, 2.24) is 10.2 Å². The standard InChI is InChI=1S/C18H24FN3O2/c19-13-8-10-15(11-9-13)20-17(23)16-7-4-12-22(16)18(24)21-14-5-2-1-3-6-14/h8-11,14,16H,1-7,12H2,(H,20,23)(H,21,24)/t16-/m1/s1. The van der Waals surface area contributed by atoms with Crippen LogP contribution in [0.3, 0.4) is 0 Å². The van der Waals surface area contributed by atoms with Crippen molar-refractivity contribution < 1.29 is 14.0 Å². The van der Waals surface area contributed by atoms with Gasteiger partial charge < -0.3 is 15.5 Å². The first-order valence-electron chi connectivity index (χ1n) is 8.77. The number of urea groups is 1. The Hall–Kier alpha value is -2.11. The summed E-state index contributed by atoms with van der Waals surface area (Å²) >= 11 is 0. The molecule has 6 heteroatoms. The highest BCUT2D eigenvalue weighted by Gasteiger charge is 2.35. The van der Waals surface area contributed by atoms with Crippen LogP contribution in [0, 0.1) is 5.82 Å². The molecule has 2 fully saturated rings. The maximum atomic E-state index is 12.9. The average molecular weight is 333 g/mol. The van der Waals surface area contributed by atoms with Gasteiger partial charge in [0, 0.05) is 18.3 Å². The second kappa shape index (κ2) is 7.64. The molecule has 1 aliphatic heterocycles. The maximum Gasteiger partial charge on any atom is 0.318 e. The van der Waals surface area contributed by atoms with Gasteiger partial charge in [-0.05, 0) is 49.9 Å². The van der Waals surface area contributed by atoms with E-state index in [0.717, 1.165) is 32.1 Å². The van der Waals surface area contributed by atoms with E-state index in [9.17, 15) is 14.0 Å². The van der Waals surface area contributed by atoms with Gasteiger partial charge in [0.1, 0.15) is 11.9 Å². The molecule has 1 atom stereocenters. The topological polar surface area (TPSA) is 61.4 Å². The maximum absolute atomic E-state index is 12.9. The SMILES string of the molecule is O=C(Nc1ccc(F)cc1)[C@H]1CCCN1C(=O)NC1CCCCC1. The zero-order valence-electron chi connectivity index (χ0n) is 13.8. The molecule has 0 bridgehead atoms. The van der Waals surface area contributed by atoms with Crippen LogP contribution in [-0.4, -0.2) is 35.5 Å². The van der Waals surface area contributed by atoms with Gasteiger partial charge >= 0.3 is 6.03 Å². The lowest BCUT2D eigenvalue weighted by atomic mass is 9.96. The number of nitrogens with zero attached hydrogens (tertiary/aromatic N) is 1. The quantitative estimate of drug-likeness (QED) is 0.892. The van der Waals surface area contributed by atoms with E-state index in [1.54, 1.807) is 4.90 Å². The second-order valence-corrected chi connectivity index (χ2v) is 6.63. The molecule has 0 unspecified atom stereocenters. The highest BCUT2D eigenvalue weighted by Crippen LogP contribution is 2.22. The summed E-state index contributed by atoms with van der Waals surface area (Å²) in [5.41, 5.74) is 0.543. The highest BCUT2D eigenvalue weighted by molar-refractivity contribution is 5.97. The molecule has 1 saturated heterocycles. The Labute approximate surface area is 141 Å². The molecule has 3 amide bonds. The largest absolute Gasteiger partial charge is 0.335 e. The van der Waals surface area contributed by atoms with Crippen LogP contribution in [-0.2, 0) is 4.79 Å². The van der Waals surface area contributed by atoms with Gasteiger partial charge in [-0.1, -0.05) is 19.3 Å². The first-order valence-corrected chi connectivity index (χ1v) is 8.77. The summed E-state index contributed by atoms with van der Waals surface area (Å²) in [5.74, 6) is -0.555. The van der Waals surface area contributed by atoms with Gasteiger partial charge in [-0.2, -0.15) is 0 Å². The lowest BCUT2D eigenvalue weighted by Crippen LogP contribution is -2.50. The van der Waals surface area contributed by atoms with Crippen molar-refractivity contribution in [3.63, 3.8) is 0 Å². The van der Waals surface area contributed by atoms with Crippen molar-refractivity contribution in [2.45, 2.75) is 57.0 Å². The number of carbonyl (C=O) groups is 2. The Balaban J connectivity index is 1.58. The van der Waals surface area contributed by atoms with Crippen LogP contribution in [0.25, 0.3) is 0 Å². The van der Waals surface area contributed by atoms with Crippen molar-refractivity contribution in [1.29, 1.82) is 0 Å². The van der Waals surface area contributed by atoms with Crippen LogP contribution in [0.2, 0.25) is 0 Å². The fourth-order valence-electron chi connectivity index (χ4n) is 3.55. The van der Waals surface area contributed by atoms with Crippen LogP contribution in [0.15, 0.2) is 24.3 Å². The number of amides is 3. The molecule has 2 aliphatic rings. The number of hydrogen-bond acceptors (Lipinski definition) is 2. The van der Waals surface area contributed by atoms with E-state index < -0.39 is 6.04 Å². The number of likely N-dealkylation sites (tertiary alicyclic amines) is 1. The number of benzene rings is 1. The minimum Gasteiger partial charge on any atom is -0.335 e. The Kier molecular flexibility index (Phi) is 5.33. The smallest absolute Gasteiger partial charge is 0.318 e. The van der Waals surface area contributed by atoms with Crippen molar-refractivity contribution >= 4 is 17.6 Å². The van der Waals surface area contributed by atoms with Gasteiger partial charge in [-0.3, -0.25) is 4.79 Å². The molecular weight excluding hydrogens is 309 g/mol. The van der Waals surface area contributed by atoms with E-state index in [1.807, 2.05) is 0 Å². The molecule has 1 aromatic rings. The molecule has 3 rings (SSSR count). The molecule has 1 aromatic carbocycles. The molecule has 2 N–H and O–H groups in total. The molecule has 0 aromatic heterocycles. The van der Waals surface area contributed by atoms with Crippen LogP contribution in [0.4, 0.5) is 14.9 Å². The number of hydrogen-bond donors (Lipinski definition) is 2. The van der Waals surface area contributed by atoms with Gasteiger partial charge in [0.05, 0.1) is 0 Å². The van der Waals surface area contributed by atoms with E-state index in [2.05, 4.69) is 10.6 Å². The summed E-state index contributed by atoms with van der Waals surface area (Å²) in [6.45, 7) is 0.597. The van der Waals surface area contributed by atoms with Crippen LogP contribution < -0.4 is 10.6 Å². The van der Waals surface area contributed by atoms with E-state index in [4.69, 9.17) is 0 Å². The van der Waals surface area contributed by atoms with Crippen molar-refractivity contribution in [3.8, 4) is 0 Å². The van der Waals surface area contributed by atoms with Gasteiger partial charge in [0.25, 0.3) is 0 Å².